The molecular weight excluding hydrogens is 772 g/mol. The summed E-state index contributed by atoms with van der Waals surface area (Å²) in [5, 5.41) is 9.85. The van der Waals surface area contributed by atoms with E-state index in [4.69, 9.17) is 9.97 Å². The number of aromatic nitrogens is 4. The number of hydrogen-bond acceptors (Lipinski definition) is 2. The third kappa shape index (κ3) is 5.60. The number of rotatable bonds is 5. The van der Waals surface area contributed by atoms with Crippen LogP contribution < -0.4 is 0 Å². The molecule has 0 aliphatic heterocycles. The fraction of sp³-hybridized carbons (Fsp3) is 0. The van der Waals surface area contributed by atoms with Gasteiger partial charge in [0.15, 0.2) is 5.82 Å². The molecule has 3 heterocycles. The zero-order valence-corrected chi connectivity index (χ0v) is 33.9. The SMILES string of the molecule is Fc1ccc2cc(-c3nc(-c4ccc(-n5c6ccccc6c6cc(-c7ccc8c(c7)c7ccccc7n8-c7ccccc7)ccc65)cc4)nc4c3ccc3ccccc34)ccc2c1. The summed E-state index contributed by atoms with van der Waals surface area (Å²) in [5.41, 5.74) is 12.9. The van der Waals surface area contributed by atoms with Gasteiger partial charge in [0.25, 0.3) is 0 Å². The van der Waals surface area contributed by atoms with Gasteiger partial charge in [0.05, 0.1) is 33.3 Å². The van der Waals surface area contributed by atoms with Crippen LogP contribution in [0.25, 0.3) is 121 Å². The van der Waals surface area contributed by atoms with Crippen LogP contribution in [-0.2, 0) is 0 Å². The molecule has 0 saturated heterocycles. The van der Waals surface area contributed by atoms with Gasteiger partial charge in [-0.3, -0.25) is 0 Å². The van der Waals surface area contributed by atoms with Crippen molar-refractivity contribution in [2.24, 2.45) is 0 Å². The van der Waals surface area contributed by atoms with Crippen molar-refractivity contribution in [3.63, 3.8) is 0 Å². The van der Waals surface area contributed by atoms with E-state index in [1.165, 1.54) is 49.8 Å². The van der Waals surface area contributed by atoms with E-state index in [9.17, 15) is 4.39 Å². The lowest BCUT2D eigenvalue weighted by Crippen LogP contribution is -1.97. The van der Waals surface area contributed by atoms with Crippen LogP contribution in [0.3, 0.4) is 0 Å². The second kappa shape index (κ2) is 13.8. The van der Waals surface area contributed by atoms with Crippen molar-refractivity contribution in [3.8, 4) is 45.1 Å². The van der Waals surface area contributed by atoms with Crippen LogP contribution in [-0.4, -0.2) is 19.1 Å². The Hall–Kier alpha value is -8.41. The second-order valence-electron chi connectivity index (χ2n) is 16.3. The minimum Gasteiger partial charge on any atom is -0.309 e. The minimum absolute atomic E-state index is 0.247. The minimum atomic E-state index is -0.247. The first kappa shape index (κ1) is 35.4. The van der Waals surface area contributed by atoms with Crippen LogP contribution in [0.4, 0.5) is 4.39 Å². The highest BCUT2D eigenvalue weighted by Crippen LogP contribution is 2.39. The largest absolute Gasteiger partial charge is 0.309 e. The lowest BCUT2D eigenvalue weighted by atomic mass is 9.99. The van der Waals surface area contributed by atoms with Crippen molar-refractivity contribution in [1.82, 2.24) is 19.1 Å². The number of halogens is 1. The molecule has 3 aromatic heterocycles. The molecule has 5 heteroatoms. The maximum Gasteiger partial charge on any atom is 0.160 e. The topological polar surface area (TPSA) is 35.6 Å². The third-order valence-electron chi connectivity index (χ3n) is 12.7. The number of benzene rings is 10. The molecular formula is C58H35FN4. The van der Waals surface area contributed by atoms with E-state index in [0.717, 1.165) is 71.7 Å². The van der Waals surface area contributed by atoms with Crippen molar-refractivity contribution >= 4 is 76.1 Å². The predicted octanol–water partition coefficient (Wildman–Crippen LogP) is 15.3. The molecule has 0 aliphatic carbocycles. The summed E-state index contributed by atoms with van der Waals surface area (Å²) in [6.07, 6.45) is 0. The summed E-state index contributed by atoms with van der Waals surface area (Å²) in [4.78, 5) is 10.5. The van der Waals surface area contributed by atoms with Gasteiger partial charge in [-0.05, 0) is 124 Å². The zero-order chi connectivity index (χ0) is 41.6. The predicted molar refractivity (Wildman–Crippen MR) is 259 cm³/mol. The summed E-state index contributed by atoms with van der Waals surface area (Å²) in [6, 6.07) is 73.9. The lowest BCUT2D eigenvalue weighted by Gasteiger charge is -2.13. The highest BCUT2D eigenvalue weighted by atomic mass is 19.1. The van der Waals surface area contributed by atoms with Crippen molar-refractivity contribution in [2.75, 3.05) is 0 Å². The second-order valence-corrected chi connectivity index (χ2v) is 16.3. The number of para-hydroxylation sites is 3. The van der Waals surface area contributed by atoms with E-state index in [0.29, 0.717) is 5.82 Å². The van der Waals surface area contributed by atoms with E-state index in [1.54, 1.807) is 6.07 Å². The quantitative estimate of drug-likeness (QED) is 0.162. The number of nitrogens with zero attached hydrogens (tertiary/aromatic N) is 4. The van der Waals surface area contributed by atoms with Crippen LogP contribution >= 0.6 is 0 Å². The van der Waals surface area contributed by atoms with Crippen LogP contribution in [0.5, 0.6) is 0 Å². The van der Waals surface area contributed by atoms with Gasteiger partial charge in [0, 0.05) is 54.8 Å². The first-order valence-electron chi connectivity index (χ1n) is 21.3. The average Bonchev–Trinajstić information content (AvgIpc) is 3.86. The molecule has 0 spiro atoms. The Morgan fingerprint density at radius 3 is 1.54 bits per heavy atom. The maximum absolute atomic E-state index is 14.1. The summed E-state index contributed by atoms with van der Waals surface area (Å²) in [5.74, 6) is 0.402. The number of hydrogen-bond donors (Lipinski definition) is 0. The van der Waals surface area contributed by atoms with Crippen molar-refractivity contribution in [2.45, 2.75) is 0 Å². The summed E-state index contributed by atoms with van der Waals surface area (Å²) >= 11 is 0. The molecule has 0 unspecified atom stereocenters. The highest BCUT2D eigenvalue weighted by Gasteiger charge is 2.18. The van der Waals surface area contributed by atoms with Gasteiger partial charge in [0.2, 0.25) is 0 Å². The standard InChI is InChI=1S/C58H35FN4/c59-43-26-20-38-32-42(19-18-39(38)33-43)56-49-29-23-36-10-4-5-13-46(36)57(49)61-58(60-56)37-21-27-45(28-22-37)63-53-17-9-7-15-48(53)51-35-41(25-31-55(51)63)40-24-30-54-50(34-40)47-14-6-8-16-52(47)62(54)44-11-2-1-3-12-44/h1-35H. The van der Waals surface area contributed by atoms with Crippen molar-refractivity contribution in [3.05, 3.63) is 218 Å². The van der Waals surface area contributed by atoms with E-state index in [2.05, 4.69) is 191 Å². The Kier molecular flexibility index (Phi) is 7.75. The molecule has 0 fully saturated rings. The van der Waals surface area contributed by atoms with E-state index >= 15 is 0 Å². The van der Waals surface area contributed by atoms with Crippen molar-refractivity contribution in [1.29, 1.82) is 0 Å². The summed E-state index contributed by atoms with van der Waals surface area (Å²) in [7, 11) is 0. The fourth-order valence-corrected chi connectivity index (χ4v) is 9.77. The lowest BCUT2D eigenvalue weighted by molar-refractivity contribution is 0.630. The molecule has 0 bridgehead atoms. The van der Waals surface area contributed by atoms with Crippen LogP contribution in [0.2, 0.25) is 0 Å². The van der Waals surface area contributed by atoms with Crippen LogP contribution in [0, 0.1) is 5.82 Å². The zero-order valence-electron chi connectivity index (χ0n) is 33.9. The van der Waals surface area contributed by atoms with Crippen molar-refractivity contribution < 1.29 is 4.39 Å². The Morgan fingerprint density at radius 1 is 0.317 bits per heavy atom. The third-order valence-corrected chi connectivity index (χ3v) is 12.7. The molecule has 0 saturated carbocycles. The van der Waals surface area contributed by atoms with Crippen LogP contribution in [0.1, 0.15) is 0 Å². The first-order valence-corrected chi connectivity index (χ1v) is 21.3. The van der Waals surface area contributed by atoms with E-state index in [-0.39, 0.29) is 5.82 Å². The fourth-order valence-electron chi connectivity index (χ4n) is 9.77. The van der Waals surface area contributed by atoms with E-state index < -0.39 is 0 Å². The van der Waals surface area contributed by atoms with Gasteiger partial charge in [-0.1, -0.05) is 115 Å². The molecule has 0 atom stereocenters. The molecule has 0 N–H and O–H groups in total. The molecule has 0 aliphatic rings. The van der Waals surface area contributed by atoms with Gasteiger partial charge in [-0.25, -0.2) is 14.4 Å². The average molecular weight is 807 g/mol. The van der Waals surface area contributed by atoms with Gasteiger partial charge in [-0.15, -0.1) is 0 Å². The molecule has 0 radical (unpaired) electrons. The smallest absolute Gasteiger partial charge is 0.160 e. The van der Waals surface area contributed by atoms with Gasteiger partial charge in [0.1, 0.15) is 5.82 Å². The Balaban J connectivity index is 0.926. The van der Waals surface area contributed by atoms with Crippen LogP contribution in [0.15, 0.2) is 212 Å². The summed E-state index contributed by atoms with van der Waals surface area (Å²) in [6.45, 7) is 0. The first-order chi connectivity index (χ1) is 31.1. The Labute approximate surface area is 361 Å². The number of fused-ring (bicyclic) bond motifs is 10. The van der Waals surface area contributed by atoms with Gasteiger partial charge < -0.3 is 9.13 Å². The maximum atomic E-state index is 14.1. The molecule has 10 aromatic carbocycles. The molecule has 63 heavy (non-hydrogen) atoms. The van der Waals surface area contributed by atoms with Gasteiger partial charge >= 0.3 is 0 Å². The monoisotopic (exact) mass is 806 g/mol. The van der Waals surface area contributed by atoms with Gasteiger partial charge in [-0.2, -0.15) is 0 Å². The Morgan fingerprint density at radius 2 is 0.841 bits per heavy atom. The normalized spacial score (nSPS) is 11.9. The Bertz CT molecular complexity index is 3980. The molecule has 294 valence electrons. The molecule has 13 aromatic rings. The summed E-state index contributed by atoms with van der Waals surface area (Å²) < 4.78 is 18.8. The van der Waals surface area contributed by atoms with E-state index in [1.807, 2.05) is 18.2 Å². The molecule has 13 rings (SSSR count). The highest BCUT2D eigenvalue weighted by molar-refractivity contribution is 6.13. The molecule has 4 nitrogen and oxygen atoms in total. The molecule has 0 amide bonds.